The van der Waals surface area contributed by atoms with E-state index in [9.17, 15) is 4.79 Å². The van der Waals surface area contributed by atoms with E-state index in [0.29, 0.717) is 12.1 Å². The molecule has 1 amide bonds. The lowest BCUT2D eigenvalue weighted by Crippen LogP contribution is -2.27. The molecule has 0 spiro atoms. The van der Waals surface area contributed by atoms with Gasteiger partial charge in [-0.1, -0.05) is 54.6 Å². The Morgan fingerprint density at radius 2 is 1.61 bits per heavy atom. The lowest BCUT2D eigenvalue weighted by Gasteiger charge is -2.19. The molecule has 0 unspecified atom stereocenters. The van der Waals surface area contributed by atoms with Crippen molar-refractivity contribution >= 4 is 5.91 Å². The standard InChI is InChI=1S/C20H18N2O/c1-22(15-17-11-7-8-14-21-17)20(23)19-13-6-5-12-18(19)16-9-3-2-4-10-16/h2-14H,15H2,1H3. The fraction of sp³-hybridized carbons (Fsp3) is 0.100. The Labute approximate surface area is 136 Å². The van der Waals surface area contributed by atoms with Crippen LogP contribution in [0.2, 0.25) is 0 Å². The van der Waals surface area contributed by atoms with Crippen molar-refractivity contribution in [1.82, 2.24) is 9.88 Å². The summed E-state index contributed by atoms with van der Waals surface area (Å²) in [4.78, 5) is 18.8. The van der Waals surface area contributed by atoms with Gasteiger partial charge in [-0.15, -0.1) is 0 Å². The van der Waals surface area contributed by atoms with E-state index in [0.717, 1.165) is 16.8 Å². The summed E-state index contributed by atoms with van der Waals surface area (Å²) in [5.74, 6) is -0.00453. The summed E-state index contributed by atoms with van der Waals surface area (Å²) in [6.45, 7) is 0.489. The molecule has 1 aromatic heterocycles. The average molecular weight is 302 g/mol. The van der Waals surface area contributed by atoms with E-state index in [1.807, 2.05) is 72.8 Å². The van der Waals surface area contributed by atoms with Crippen LogP contribution in [0, 0.1) is 0 Å². The van der Waals surface area contributed by atoms with Gasteiger partial charge in [0.2, 0.25) is 0 Å². The molecule has 1 heterocycles. The van der Waals surface area contributed by atoms with E-state index < -0.39 is 0 Å². The zero-order valence-electron chi connectivity index (χ0n) is 13.0. The number of carbonyl (C=O) groups is 1. The monoisotopic (exact) mass is 302 g/mol. The maximum atomic E-state index is 12.8. The highest BCUT2D eigenvalue weighted by Crippen LogP contribution is 2.24. The second-order valence-electron chi connectivity index (χ2n) is 5.39. The van der Waals surface area contributed by atoms with E-state index in [1.165, 1.54) is 0 Å². The first-order valence-electron chi connectivity index (χ1n) is 7.55. The molecule has 3 heteroatoms. The lowest BCUT2D eigenvalue weighted by molar-refractivity contribution is 0.0784. The number of carbonyl (C=O) groups excluding carboxylic acids is 1. The van der Waals surface area contributed by atoms with E-state index in [4.69, 9.17) is 0 Å². The third-order valence-corrected chi connectivity index (χ3v) is 3.71. The Morgan fingerprint density at radius 3 is 2.35 bits per heavy atom. The Morgan fingerprint density at radius 1 is 0.913 bits per heavy atom. The molecule has 0 atom stereocenters. The van der Waals surface area contributed by atoms with Crippen molar-refractivity contribution in [3.05, 3.63) is 90.3 Å². The summed E-state index contributed by atoms with van der Waals surface area (Å²) in [6, 6.07) is 23.4. The van der Waals surface area contributed by atoms with Crippen molar-refractivity contribution in [3.8, 4) is 11.1 Å². The van der Waals surface area contributed by atoms with Gasteiger partial charge in [0.05, 0.1) is 12.2 Å². The molecule has 3 rings (SSSR count). The minimum Gasteiger partial charge on any atom is -0.336 e. The summed E-state index contributed by atoms with van der Waals surface area (Å²) in [7, 11) is 1.80. The van der Waals surface area contributed by atoms with Crippen molar-refractivity contribution in [1.29, 1.82) is 0 Å². The van der Waals surface area contributed by atoms with Crippen LogP contribution in [-0.4, -0.2) is 22.8 Å². The smallest absolute Gasteiger partial charge is 0.254 e. The van der Waals surface area contributed by atoms with Crippen LogP contribution in [0.5, 0.6) is 0 Å². The minimum atomic E-state index is -0.00453. The highest BCUT2D eigenvalue weighted by Gasteiger charge is 2.16. The number of aromatic nitrogens is 1. The van der Waals surface area contributed by atoms with Gasteiger partial charge in [-0.25, -0.2) is 0 Å². The van der Waals surface area contributed by atoms with Crippen LogP contribution in [0.15, 0.2) is 79.0 Å². The largest absolute Gasteiger partial charge is 0.336 e. The first kappa shape index (κ1) is 15.0. The van der Waals surface area contributed by atoms with Crippen molar-refractivity contribution < 1.29 is 4.79 Å². The van der Waals surface area contributed by atoms with Crippen LogP contribution in [-0.2, 0) is 6.54 Å². The first-order chi connectivity index (χ1) is 11.3. The molecule has 0 bridgehead atoms. The summed E-state index contributed by atoms with van der Waals surface area (Å²) in [5, 5.41) is 0. The first-order valence-corrected chi connectivity index (χ1v) is 7.55. The lowest BCUT2D eigenvalue weighted by atomic mass is 9.99. The van der Waals surface area contributed by atoms with Crippen LogP contribution < -0.4 is 0 Å². The summed E-state index contributed by atoms with van der Waals surface area (Å²) in [6.07, 6.45) is 1.74. The van der Waals surface area contributed by atoms with Crippen LogP contribution in [0.1, 0.15) is 16.1 Å². The van der Waals surface area contributed by atoms with Crippen molar-refractivity contribution in [2.75, 3.05) is 7.05 Å². The van der Waals surface area contributed by atoms with E-state index in [-0.39, 0.29) is 5.91 Å². The van der Waals surface area contributed by atoms with Crippen molar-refractivity contribution in [2.24, 2.45) is 0 Å². The molecule has 3 aromatic rings. The normalized spacial score (nSPS) is 10.3. The molecular formula is C20H18N2O. The molecule has 114 valence electrons. The molecule has 2 aromatic carbocycles. The third kappa shape index (κ3) is 3.46. The number of rotatable bonds is 4. The van der Waals surface area contributed by atoms with Crippen molar-refractivity contribution in [3.63, 3.8) is 0 Å². The summed E-state index contributed by atoms with van der Waals surface area (Å²) < 4.78 is 0. The summed E-state index contributed by atoms with van der Waals surface area (Å²) in [5.41, 5.74) is 3.58. The van der Waals surface area contributed by atoms with Crippen LogP contribution in [0.4, 0.5) is 0 Å². The zero-order valence-corrected chi connectivity index (χ0v) is 13.0. The van der Waals surface area contributed by atoms with Gasteiger partial charge in [0.25, 0.3) is 5.91 Å². The Hall–Kier alpha value is -2.94. The number of benzene rings is 2. The molecule has 0 aliphatic rings. The van der Waals surface area contributed by atoms with E-state index >= 15 is 0 Å². The molecule has 3 nitrogen and oxygen atoms in total. The zero-order chi connectivity index (χ0) is 16.1. The van der Waals surface area contributed by atoms with E-state index in [1.54, 1.807) is 18.1 Å². The quantitative estimate of drug-likeness (QED) is 0.729. The van der Waals surface area contributed by atoms with E-state index in [2.05, 4.69) is 4.98 Å². The van der Waals surface area contributed by atoms with Crippen LogP contribution in [0.25, 0.3) is 11.1 Å². The Balaban J connectivity index is 1.88. The molecule has 0 aliphatic heterocycles. The minimum absolute atomic E-state index is 0.00453. The van der Waals surface area contributed by atoms with Gasteiger partial charge < -0.3 is 4.90 Å². The highest BCUT2D eigenvalue weighted by atomic mass is 16.2. The fourth-order valence-electron chi connectivity index (χ4n) is 2.55. The van der Waals surface area contributed by atoms with Crippen LogP contribution in [0.3, 0.4) is 0 Å². The molecule has 0 fully saturated rings. The Kier molecular flexibility index (Phi) is 4.48. The molecule has 0 saturated carbocycles. The van der Waals surface area contributed by atoms with Gasteiger partial charge in [-0.05, 0) is 29.3 Å². The maximum Gasteiger partial charge on any atom is 0.254 e. The maximum absolute atomic E-state index is 12.8. The molecule has 0 N–H and O–H groups in total. The summed E-state index contributed by atoms with van der Waals surface area (Å²) >= 11 is 0. The van der Waals surface area contributed by atoms with Gasteiger partial charge in [0, 0.05) is 18.8 Å². The SMILES string of the molecule is CN(Cc1ccccn1)C(=O)c1ccccc1-c1ccccc1. The molecular weight excluding hydrogens is 284 g/mol. The van der Waals surface area contributed by atoms with Gasteiger partial charge in [0.1, 0.15) is 0 Å². The molecule has 0 aliphatic carbocycles. The number of pyridine rings is 1. The predicted octanol–water partition coefficient (Wildman–Crippen LogP) is 4.02. The van der Waals surface area contributed by atoms with Gasteiger partial charge in [-0.3, -0.25) is 9.78 Å². The molecule has 0 radical (unpaired) electrons. The Bertz CT molecular complexity index is 785. The number of nitrogens with zero attached hydrogens (tertiary/aromatic N) is 2. The second-order valence-corrected chi connectivity index (χ2v) is 5.39. The number of amides is 1. The average Bonchev–Trinajstić information content (AvgIpc) is 2.62. The third-order valence-electron chi connectivity index (χ3n) is 3.71. The van der Waals surface area contributed by atoms with Gasteiger partial charge in [0.15, 0.2) is 0 Å². The van der Waals surface area contributed by atoms with Crippen LogP contribution >= 0.6 is 0 Å². The van der Waals surface area contributed by atoms with Gasteiger partial charge >= 0.3 is 0 Å². The number of hydrogen-bond donors (Lipinski definition) is 0. The fourth-order valence-corrected chi connectivity index (χ4v) is 2.55. The predicted molar refractivity (Wildman–Crippen MR) is 91.9 cm³/mol. The van der Waals surface area contributed by atoms with Crippen molar-refractivity contribution in [2.45, 2.75) is 6.54 Å². The second kappa shape index (κ2) is 6.88. The number of hydrogen-bond acceptors (Lipinski definition) is 2. The van der Waals surface area contributed by atoms with Gasteiger partial charge in [-0.2, -0.15) is 0 Å². The highest BCUT2D eigenvalue weighted by molar-refractivity contribution is 6.00. The topological polar surface area (TPSA) is 33.2 Å². The molecule has 0 saturated heterocycles. The molecule has 23 heavy (non-hydrogen) atoms.